The maximum Gasteiger partial charge on any atom is 0.279 e. The van der Waals surface area contributed by atoms with E-state index in [1.165, 1.54) is 23.5 Å². The first-order chi connectivity index (χ1) is 11.1. The summed E-state index contributed by atoms with van der Waals surface area (Å²) in [5.74, 6) is -0.611. The molecule has 0 N–H and O–H groups in total. The van der Waals surface area contributed by atoms with Crippen molar-refractivity contribution in [2.24, 2.45) is 4.99 Å². The van der Waals surface area contributed by atoms with E-state index in [1.807, 2.05) is 23.6 Å². The van der Waals surface area contributed by atoms with E-state index in [-0.39, 0.29) is 11.7 Å². The molecule has 1 heterocycles. The van der Waals surface area contributed by atoms with Gasteiger partial charge in [-0.3, -0.25) is 4.79 Å². The molecule has 23 heavy (non-hydrogen) atoms. The van der Waals surface area contributed by atoms with Crippen molar-refractivity contribution in [3.63, 3.8) is 0 Å². The summed E-state index contributed by atoms with van der Waals surface area (Å²) >= 11 is 1.29. The maximum atomic E-state index is 13.4. The van der Waals surface area contributed by atoms with Crippen molar-refractivity contribution < 1.29 is 9.18 Å². The van der Waals surface area contributed by atoms with Gasteiger partial charge in [0.1, 0.15) is 5.82 Å². The topological polar surface area (TPSA) is 34.4 Å². The molecular weight excluding hydrogens is 311 g/mol. The van der Waals surface area contributed by atoms with Gasteiger partial charge in [-0.1, -0.05) is 35.1 Å². The number of rotatable bonds is 3. The molecule has 116 valence electrons. The highest BCUT2D eigenvalue weighted by Gasteiger charge is 2.09. The molecule has 0 unspecified atom stereocenters. The molecule has 0 aliphatic heterocycles. The van der Waals surface area contributed by atoms with E-state index in [0.717, 1.165) is 15.8 Å². The fourth-order valence-corrected chi connectivity index (χ4v) is 3.43. The van der Waals surface area contributed by atoms with Crippen LogP contribution in [-0.2, 0) is 6.54 Å². The maximum absolute atomic E-state index is 13.4. The summed E-state index contributed by atoms with van der Waals surface area (Å²) in [5.41, 5.74) is 2.38. The molecule has 0 radical (unpaired) electrons. The number of halogens is 1. The molecule has 0 saturated heterocycles. The summed E-state index contributed by atoms with van der Waals surface area (Å²) in [4.78, 5) is 17.2. The van der Waals surface area contributed by atoms with Gasteiger partial charge in [-0.15, -0.1) is 6.58 Å². The van der Waals surface area contributed by atoms with Crippen LogP contribution in [0.4, 0.5) is 4.39 Å². The minimum Gasteiger partial charge on any atom is -0.312 e. The molecule has 0 aliphatic rings. The van der Waals surface area contributed by atoms with Gasteiger partial charge >= 0.3 is 0 Å². The Labute approximate surface area is 137 Å². The molecule has 0 atom stereocenters. The number of hydrogen-bond acceptors (Lipinski definition) is 2. The van der Waals surface area contributed by atoms with Gasteiger partial charge in [-0.2, -0.15) is 4.99 Å². The Hall–Kier alpha value is -2.53. The number of carbonyl (C=O) groups is 1. The highest BCUT2D eigenvalue weighted by Crippen LogP contribution is 2.19. The van der Waals surface area contributed by atoms with Crippen LogP contribution in [0.3, 0.4) is 0 Å². The number of aromatic nitrogens is 1. The van der Waals surface area contributed by atoms with Gasteiger partial charge in [0.2, 0.25) is 0 Å². The zero-order chi connectivity index (χ0) is 16.4. The third-order valence-corrected chi connectivity index (χ3v) is 4.46. The van der Waals surface area contributed by atoms with E-state index in [0.29, 0.717) is 16.9 Å². The van der Waals surface area contributed by atoms with E-state index in [1.54, 1.807) is 24.3 Å². The van der Waals surface area contributed by atoms with Crippen LogP contribution in [0.2, 0.25) is 0 Å². The summed E-state index contributed by atoms with van der Waals surface area (Å²) in [6.07, 6.45) is 1.73. The Morgan fingerprint density at radius 1 is 1.35 bits per heavy atom. The fourth-order valence-electron chi connectivity index (χ4n) is 2.37. The molecule has 1 amide bonds. The van der Waals surface area contributed by atoms with Crippen LogP contribution in [0.5, 0.6) is 0 Å². The highest BCUT2D eigenvalue weighted by atomic mass is 32.1. The third kappa shape index (κ3) is 3.14. The number of thiazole rings is 1. The standard InChI is InChI=1S/C18H15FN2OS/c1-3-9-21-15-8-7-14(19)11-16(15)23-18(21)20-17(22)13-6-4-5-12(2)10-13/h3-8,10-11H,1,9H2,2H3. The minimum atomic E-state index is -0.307. The van der Waals surface area contributed by atoms with Gasteiger partial charge in [0.05, 0.1) is 10.2 Å². The number of fused-ring (bicyclic) bond motifs is 1. The van der Waals surface area contributed by atoms with Crippen LogP contribution >= 0.6 is 11.3 Å². The predicted molar refractivity (Wildman–Crippen MR) is 91.0 cm³/mol. The van der Waals surface area contributed by atoms with Crippen molar-refractivity contribution in [3.05, 3.63) is 76.9 Å². The van der Waals surface area contributed by atoms with E-state index in [4.69, 9.17) is 0 Å². The Balaban J connectivity index is 2.16. The van der Waals surface area contributed by atoms with Gasteiger partial charge in [0.25, 0.3) is 5.91 Å². The summed E-state index contributed by atoms with van der Waals surface area (Å²) in [7, 11) is 0. The second-order valence-electron chi connectivity index (χ2n) is 5.18. The Bertz CT molecular complexity index is 969. The number of benzene rings is 2. The van der Waals surface area contributed by atoms with Gasteiger partial charge in [0.15, 0.2) is 4.80 Å². The second-order valence-corrected chi connectivity index (χ2v) is 6.19. The lowest BCUT2D eigenvalue weighted by Gasteiger charge is -2.01. The fraction of sp³-hybridized carbons (Fsp3) is 0.111. The average Bonchev–Trinajstić information content (AvgIpc) is 2.84. The monoisotopic (exact) mass is 326 g/mol. The smallest absolute Gasteiger partial charge is 0.279 e. The second kappa shape index (κ2) is 6.30. The first kappa shape index (κ1) is 15.4. The summed E-state index contributed by atoms with van der Waals surface area (Å²) in [5, 5.41) is 0. The van der Waals surface area contributed by atoms with Crippen LogP contribution < -0.4 is 4.80 Å². The van der Waals surface area contributed by atoms with Crippen molar-refractivity contribution >= 4 is 27.5 Å². The van der Waals surface area contributed by atoms with Crippen molar-refractivity contribution in [1.29, 1.82) is 0 Å². The number of aryl methyl sites for hydroxylation is 1. The van der Waals surface area contributed by atoms with Crippen molar-refractivity contribution in [3.8, 4) is 0 Å². The molecule has 5 heteroatoms. The van der Waals surface area contributed by atoms with E-state index in [9.17, 15) is 9.18 Å². The molecule has 0 fully saturated rings. The molecule has 0 spiro atoms. The van der Waals surface area contributed by atoms with Crippen molar-refractivity contribution in [2.75, 3.05) is 0 Å². The molecule has 3 rings (SSSR count). The lowest BCUT2D eigenvalue weighted by molar-refractivity contribution is 0.0998. The van der Waals surface area contributed by atoms with Crippen LogP contribution in [0, 0.1) is 12.7 Å². The molecule has 3 aromatic rings. The first-order valence-corrected chi connectivity index (χ1v) is 7.95. The Morgan fingerprint density at radius 2 is 2.17 bits per heavy atom. The normalized spacial score (nSPS) is 11.8. The Kier molecular flexibility index (Phi) is 4.21. The first-order valence-electron chi connectivity index (χ1n) is 7.14. The summed E-state index contributed by atoms with van der Waals surface area (Å²) in [6, 6.07) is 11.9. The average molecular weight is 326 g/mol. The predicted octanol–water partition coefficient (Wildman–Crippen LogP) is 4.08. The SMILES string of the molecule is C=CCn1c(=NC(=O)c2cccc(C)c2)sc2cc(F)ccc21. The molecule has 3 nitrogen and oxygen atoms in total. The number of carbonyl (C=O) groups excluding carboxylic acids is 1. The largest absolute Gasteiger partial charge is 0.312 e. The van der Waals surface area contributed by atoms with E-state index in [2.05, 4.69) is 11.6 Å². The van der Waals surface area contributed by atoms with Gasteiger partial charge in [0, 0.05) is 12.1 Å². The van der Waals surface area contributed by atoms with Crippen LogP contribution in [0.1, 0.15) is 15.9 Å². The van der Waals surface area contributed by atoms with E-state index < -0.39 is 0 Å². The van der Waals surface area contributed by atoms with Gasteiger partial charge in [-0.05, 0) is 37.3 Å². The minimum absolute atomic E-state index is 0.305. The molecule has 0 aliphatic carbocycles. The number of nitrogens with zero attached hydrogens (tertiary/aromatic N) is 2. The zero-order valence-electron chi connectivity index (χ0n) is 12.6. The molecule has 1 aromatic heterocycles. The van der Waals surface area contributed by atoms with Gasteiger partial charge in [-0.25, -0.2) is 4.39 Å². The summed E-state index contributed by atoms with van der Waals surface area (Å²) < 4.78 is 16.0. The van der Waals surface area contributed by atoms with Crippen LogP contribution in [0.25, 0.3) is 10.2 Å². The number of amides is 1. The highest BCUT2D eigenvalue weighted by molar-refractivity contribution is 7.16. The Morgan fingerprint density at radius 3 is 2.91 bits per heavy atom. The third-order valence-electron chi connectivity index (χ3n) is 3.42. The summed E-state index contributed by atoms with van der Waals surface area (Å²) in [6.45, 7) is 6.17. The zero-order valence-corrected chi connectivity index (χ0v) is 13.4. The molecule has 0 saturated carbocycles. The van der Waals surface area contributed by atoms with E-state index >= 15 is 0 Å². The number of allylic oxidation sites excluding steroid dienone is 1. The number of hydrogen-bond donors (Lipinski definition) is 0. The van der Waals surface area contributed by atoms with Crippen LogP contribution in [0.15, 0.2) is 60.1 Å². The van der Waals surface area contributed by atoms with Gasteiger partial charge < -0.3 is 4.57 Å². The molecular formula is C18H15FN2OS. The lowest BCUT2D eigenvalue weighted by Crippen LogP contribution is -2.16. The molecule has 2 aromatic carbocycles. The van der Waals surface area contributed by atoms with Crippen LogP contribution in [-0.4, -0.2) is 10.5 Å². The van der Waals surface area contributed by atoms with Crippen molar-refractivity contribution in [2.45, 2.75) is 13.5 Å². The quantitative estimate of drug-likeness (QED) is 0.668. The lowest BCUT2D eigenvalue weighted by atomic mass is 10.1. The molecule has 0 bridgehead atoms. The van der Waals surface area contributed by atoms with Crippen molar-refractivity contribution in [1.82, 2.24) is 4.57 Å².